The first-order valence-corrected chi connectivity index (χ1v) is 9.54. The second-order valence-corrected chi connectivity index (χ2v) is 6.95. The number of guanidine groups is 1. The number of carbonyl (C=O) groups excluding carboxylic acids is 1. The SMILES string of the molecule is CN=C(NCCNC(=O)CC1CCCC1)NCCc1ccc(F)cc1C. The Balaban J connectivity index is 1.59. The number of rotatable bonds is 8. The molecule has 1 aliphatic carbocycles. The van der Waals surface area contributed by atoms with Gasteiger partial charge in [-0.25, -0.2) is 4.39 Å². The smallest absolute Gasteiger partial charge is 0.220 e. The van der Waals surface area contributed by atoms with Crippen molar-refractivity contribution in [1.29, 1.82) is 0 Å². The van der Waals surface area contributed by atoms with Crippen LogP contribution in [0.2, 0.25) is 0 Å². The van der Waals surface area contributed by atoms with Gasteiger partial charge >= 0.3 is 0 Å². The minimum Gasteiger partial charge on any atom is -0.356 e. The fraction of sp³-hybridized carbons (Fsp3) is 0.600. The van der Waals surface area contributed by atoms with Crippen LogP contribution < -0.4 is 16.0 Å². The molecule has 0 radical (unpaired) electrons. The first kappa shape index (κ1) is 20.2. The fourth-order valence-electron chi connectivity index (χ4n) is 3.41. The molecule has 5 nitrogen and oxygen atoms in total. The van der Waals surface area contributed by atoms with Crippen molar-refractivity contribution >= 4 is 11.9 Å². The van der Waals surface area contributed by atoms with Gasteiger partial charge in [-0.3, -0.25) is 9.79 Å². The standard InChI is InChI=1S/C20H31FN4O/c1-15-13-18(21)8-7-17(15)9-10-24-20(22-2)25-12-11-23-19(26)14-16-5-3-4-6-16/h7-8,13,16H,3-6,9-12,14H2,1-2H3,(H,23,26)(H2,22,24,25). The summed E-state index contributed by atoms with van der Waals surface area (Å²) in [5.74, 6) is 1.22. The van der Waals surface area contributed by atoms with Crippen LogP contribution in [0.25, 0.3) is 0 Å². The number of aryl methyl sites for hydroxylation is 1. The van der Waals surface area contributed by atoms with Crippen molar-refractivity contribution in [2.75, 3.05) is 26.7 Å². The summed E-state index contributed by atoms with van der Waals surface area (Å²) in [5, 5.41) is 9.40. The highest BCUT2D eigenvalue weighted by Crippen LogP contribution is 2.27. The number of aliphatic imine (C=N–C) groups is 1. The van der Waals surface area contributed by atoms with Crippen LogP contribution in [0.3, 0.4) is 0 Å². The lowest BCUT2D eigenvalue weighted by atomic mass is 10.0. The van der Waals surface area contributed by atoms with E-state index in [0.29, 0.717) is 37.9 Å². The van der Waals surface area contributed by atoms with Gasteiger partial charge in [0.15, 0.2) is 5.96 Å². The lowest BCUT2D eigenvalue weighted by molar-refractivity contribution is -0.121. The van der Waals surface area contributed by atoms with E-state index in [4.69, 9.17) is 0 Å². The van der Waals surface area contributed by atoms with Crippen LogP contribution in [0.1, 0.15) is 43.2 Å². The lowest BCUT2D eigenvalue weighted by Gasteiger charge is -2.14. The van der Waals surface area contributed by atoms with Crippen LogP contribution in [-0.2, 0) is 11.2 Å². The van der Waals surface area contributed by atoms with Crippen molar-refractivity contribution in [3.8, 4) is 0 Å². The molecule has 144 valence electrons. The fourth-order valence-corrected chi connectivity index (χ4v) is 3.41. The Labute approximate surface area is 155 Å². The number of hydrogen-bond acceptors (Lipinski definition) is 2. The van der Waals surface area contributed by atoms with Crippen molar-refractivity contribution in [3.63, 3.8) is 0 Å². The van der Waals surface area contributed by atoms with E-state index in [-0.39, 0.29) is 11.7 Å². The Bertz CT molecular complexity index is 612. The second kappa shape index (κ2) is 10.8. The quantitative estimate of drug-likeness (QED) is 0.378. The van der Waals surface area contributed by atoms with E-state index in [9.17, 15) is 9.18 Å². The van der Waals surface area contributed by atoms with Crippen molar-refractivity contribution in [2.45, 2.75) is 45.4 Å². The van der Waals surface area contributed by atoms with Gasteiger partial charge in [0, 0.05) is 33.1 Å². The Morgan fingerprint density at radius 1 is 1.15 bits per heavy atom. The average molecular weight is 362 g/mol. The van der Waals surface area contributed by atoms with Crippen LogP contribution in [0.4, 0.5) is 4.39 Å². The maximum absolute atomic E-state index is 13.1. The van der Waals surface area contributed by atoms with E-state index in [2.05, 4.69) is 20.9 Å². The number of benzene rings is 1. The topological polar surface area (TPSA) is 65.5 Å². The predicted octanol–water partition coefficient (Wildman–Crippen LogP) is 2.54. The molecule has 0 aromatic heterocycles. The third kappa shape index (κ3) is 7.02. The highest BCUT2D eigenvalue weighted by Gasteiger charge is 2.17. The molecule has 2 rings (SSSR count). The minimum absolute atomic E-state index is 0.147. The molecule has 26 heavy (non-hydrogen) atoms. The van der Waals surface area contributed by atoms with Gasteiger partial charge in [0.05, 0.1) is 0 Å². The second-order valence-electron chi connectivity index (χ2n) is 6.95. The van der Waals surface area contributed by atoms with Gasteiger partial charge in [-0.2, -0.15) is 0 Å². The first-order chi connectivity index (χ1) is 12.6. The third-order valence-corrected chi connectivity index (χ3v) is 4.90. The van der Waals surface area contributed by atoms with E-state index < -0.39 is 0 Å². The zero-order valence-electron chi connectivity index (χ0n) is 15.9. The Hall–Kier alpha value is -2.11. The van der Waals surface area contributed by atoms with Gasteiger partial charge in [-0.05, 0) is 55.4 Å². The largest absolute Gasteiger partial charge is 0.356 e. The molecule has 1 aliphatic rings. The van der Waals surface area contributed by atoms with Gasteiger partial charge in [0.2, 0.25) is 5.91 Å². The van der Waals surface area contributed by atoms with E-state index in [1.54, 1.807) is 13.1 Å². The van der Waals surface area contributed by atoms with Crippen molar-refractivity contribution < 1.29 is 9.18 Å². The molecular formula is C20H31FN4O. The molecule has 0 saturated heterocycles. The lowest BCUT2D eigenvalue weighted by Crippen LogP contribution is -2.42. The number of halogens is 1. The van der Waals surface area contributed by atoms with Gasteiger partial charge in [0.1, 0.15) is 5.82 Å². The van der Waals surface area contributed by atoms with Crippen LogP contribution in [0, 0.1) is 18.7 Å². The zero-order chi connectivity index (χ0) is 18.8. The van der Waals surface area contributed by atoms with Gasteiger partial charge in [0.25, 0.3) is 0 Å². The molecule has 1 fully saturated rings. The average Bonchev–Trinajstić information content (AvgIpc) is 3.11. The van der Waals surface area contributed by atoms with Gasteiger partial charge in [-0.1, -0.05) is 18.9 Å². The van der Waals surface area contributed by atoms with Crippen molar-refractivity contribution in [3.05, 3.63) is 35.1 Å². The molecule has 6 heteroatoms. The molecule has 1 amide bonds. The van der Waals surface area contributed by atoms with E-state index in [1.807, 2.05) is 13.0 Å². The minimum atomic E-state index is -0.202. The number of hydrogen-bond donors (Lipinski definition) is 3. The summed E-state index contributed by atoms with van der Waals surface area (Å²) in [6, 6.07) is 4.86. The monoisotopic (exact) mass is 362 g/mol. The molecule has 3 N–H and O–H groups in total. The summed E-state index contributed by atoms with van der Waals surface area (Å²) in [6.07, 6.45) is 6.36. The number of amides is 1. The van der Waals surface area contributed by atoms with E-state index in [1.165, 1.54) is 31.7 Å². The van der Waals surface area contributed by atoms with Gasteiger partial charge < -0.3 is 16.0 Å². The van der Waals surface area contributed by atoms with E-state index in [0.717, 1.165) is 17.5 Å². The summed E-state index contributed by atoms with van der Waals surface area (Å²) in [7, 11) is 1.72. The van der Waals surface area contributed by atoms with Crippen LogP contribution >= 0.6 is 0 Å². The Morgan fingerprint density at radius 2 is 1.85 bits per heavy atom. The molecule has 1 saturated carbocycles. The van der Waals surface area contributed by atoms with Crippen LogP contribution in [-0.4, -0.2) is 38.5 Å². The van der Waals surface area contributed by atoms with Crippen molar-refractivity contribution in [2.24, 2.45) is 10.9 Å². The maximum Gasteiger partial charge on any atom is 0.220 e. The summed E-state index contributed by atoms with van der Waals surface area (Å²) < 4.78 is 13.1. The summed E-state index contributed by atoms with van der Waals surface area (Å²) >= 11 is 0. The summed E-state index contributed by atoms with van der Waals surface area (Å²) in [6.45, 7) is 3.84. The normalized spacial score (nSPS) is 15.1. The number of nitrogens with zero attached hydrogens (tertiary/aromatic N) is 1. The molecule has 1 aromatic carbocycles. The molecular weight excluding hydrogens is 331 g/mol. The maximum atomic E-state index is 13.1. The zero-order valence-corrected chi connectivity index (χ0v) is 15.9. The highest BCUT2D eigenvalue weighted by atomic mass is 19.1. The van der Waals surface area contributed by atoms with E-state index >= 15 is 0 Å². The van der Waals surface area contributed by atoms with Crippen LogP contribution in [0.5, 0.6) is 0 Å². The molecule has 0 atom stereocenters. The summed E-state index contributed by atoms with van der Waals surface area (Å²) in [4.78, 5) is 16.1. The summed E-state index contributed by atoms with van der Waals surface area (Å²) in [5.41, 5.74) is 2.08. The highest BCUT2D eigenvalue weighted by molar-refractivity contribution is 5.80. The molecule has 0 heterocycles. The molecule has 1 aromatic rings. The third-order valence-electron chi connectivity index (χ3n) is 4.90. The van der Waals surface area contributed by atoms with Crippen LogP contribution in [0.15, 0.2) is 23.2 Å². The number of carbonyl (C=O) groups is 1. The molecule has 0 unspecified atom stereocenters. The Kier molecular flexibility index (Phi) is 8.38. The molecule has 0 spiro atoms. The van der Waals surface area contributed by atoms with Gasteiger partial charge in [-0.15, -0.1) is 0 Å². The Morgan fingerprint density at radius 3 is 2.54 bits per heavy atom. The van der Waals surface area contributed by atoms with Crippen molar-refractivity contribution in [1.82, 2.24) is 16.0 Å². The molecule has 0 bridgehead atoms. The molecule has 0 aliphatic heterocycles. The number of nitrogens with one attached hydrogen (secondary N) is 3. The predicted molar refractivity (Wildman–Crippen MR) is 104 cm³/mol. The first-order valence-electron chi connectivity index (χ1n) is 9.54.